The lowest BCUT2D eigenvalue weighted by Gasteiger charge is -2.17. The van der Waals surface area contributed by atoms with Gasteiger partial charge in [-0.3, -0.25) is 10.1 Å². The molecule has 1 aromatic rings. The van der Waals surface area contributed by atoms with E-state index in [0.717, 1.165) is 12.8 Å². The first kappa shape index (κ1) is 15.3. The average Bonchev–Trinajstić information content (AvgIpc) is 2.35. The fourth-order valence-electron chi connectivity index (χ4n) is 1.91. The van der Waals surface area contributed by atoms with E-state index in [2.05, 4.69) is 19.2 Å². The topological polar surface area (TPSA) is 64.4 Å². The van der Waals surface area contributed by atoms with Gasteiger partial charge < -0.3 is 10.1 Å². The zero-order valence-corrected chi connectivity index (χ0v) is 12.0. The Kier molecular flexibility index (Phi) is 5.60. The maximum Gasteiger partial charge on any atom is 0.333 e. The third-order valence-corrected chi connectivity index (χ3v) is 2.98. The third-order valence-electron chi connectivity index (χ3n) is 2.98. The molecule has 1 unspecified atom stereocenters. The summed E-state index contributed by atoms with van der Waals surface area (Å²) in [5, 5.41) is 14.3. The largest absolute Gasteiger partial charge is 0.490 e. The van der Waals surface area contributed by atoms with Crippen molar-refractivity contribution in [3.05, 3.63) is 28.3 Å². The van der Waals surface area contributed by atoms with Crippen LogP contribution >= 0.6 is 0 Å². The highest BCUT2D eigenvalue weighted by Gasteiger charge is 2.21. The third kappa shape index (κ3) is 4.43. The van der Waals surface area contributed by atoms with Crippen LogP contribution in [-0.2, 0) is 0 Å². The van der Waals surface area contributed by atoms with Crippen LogP contribution in [0.4, 0.5) is 11.4 Å². The molecule has 1 rings (SSSR count). The number of hydrogen-bond acceptors (Lipinski definition) is 4. The molecule has 0 aromatic heterocycles. The molecule has 1 atom stereocenters. The van der Waals surface area contributed by atoms with Crippen molar-refractivity contribution in [1.29, 1.82) is 0 Å². The lowest BCUT2D eigenvalue weighted by molar-refractivity contribution is -0.384. The van der Waals surface area contributed by atoms with Crippen LogP contribution in [0.2, 0.25) is 0 Å². The van der Waals surface area contributed by atoms with Gasteiger partial charge in [0.1, 0.15) is 5.69 Å². The number of nitro groups is 1. The lowest BCUT2D eigenvalue weighted by atomic mass is 10.0. The minimum absolute atomic E-state index is 0.00129. The van der Waals surface area contributed by atoms with Crippen LogP contribution < -0.4 is 10.1 Å². The van der Waals surface area contributed by atoms with E-state index in [-0.39, 0.29) is 17.5 Å². The molecule has 0 radical (unpaired) electrons. The quantitative estimate of drug-likeness (QED) is 0.601. The molecule has 1 N–H and O–H groups in total. The molecule has 5 nitrogen and oxygen atoms in total. The minimum atomic E-state index is -0.406. The van der Waals surface area contributed by atoms with Crippen molar-refractivity contribution in [2.75, 3.05) is 12.4 Å². The molecule has 0 saturated carbocycles. The molecule has 0 bridgehead atoms. The van der Waals surface area contributed by atoms with Crippen LogP contribution in [0.5, 0.6) is 5.75 Å². The number of benzene rings is 1. The van der Waals surface area contributed by atoms with Gasteiger partial charge in [-0.2, -0.15) is 0 Å². The summed E-state index contributed by atoms with van der Waals surface area (Å²) in [5.41, 5.74) is 0.516. The number of methoxy groups -OCH3 is 1. The summed E-state index contributed by atoms with van der Waals surface area (Å²) in [4.78, 5) is 10.7. The van der Waals surface area contributed by atoms with Crippen molar-refractivity contribution >= 4 is 11.4 Å². The maximum atomic E-state index is 11.1. The second kappa shape index (κ2) is 6.97. The second-order valence-electron chi connectivity index (χ2n) is 5.13. The zero-order chi connectivity index (χ0) is 14.4. The summed E-state index contributed by atoms with van der Waals surface area (Å²) in [5.74, 6) is 0.913. The first-order chi connectivity index (χ1) is 8.95. The average molecular weight is 266 g/mol. The van der Waals surface area contributed by atoms with Gasteiger partial charge in [0.15, 0.2) is 5.75 Å². The van der Waals surface area contributed by atoms with Crippen LogP contribution in [0, 0.1) is 16.0 Å². The molecule has 19 heavy (non-hydrogen) atoms. The van der Waals surface area contributed by atoms with Gasteiger partial charge in [-0.05, 0) is 37.8 Å². The number of hydrogen-bond donors (Lipinski definition) is 1. The Morgan fingerprint density at radius 1 is 1.32 bits per heavy atom. The van der Waals surface area contributed by atoms with Gasteiger partial charge in [0, 0.05) is 6.04 Å². The van der Waals surface area contributed by atoms with E-state index in [1.165, 1.54) is 7.11 Å². The smallest absolute Gasteiger partial charge is 0.333 e. The lowest BCUT2D eigenvalue weighted by Crippen LogP contribution is -2.17. The predicted molar refractivity (Wildman–Crippen MR) is 76.8 cm³/mol. The standard InChI is InChI=1S/C14H22N2O3/c1-10(2)8-9-11(3)15-12-6-5-7-13(19-4)14(12)16(17)18/h5-7,10-11,15H,8-9H2,1-4H3. The number of ether oxygens (including phenoxy) is 1. The Morgan fingerprint density at radius 2 is 2.00 bits per heavy atom. The Labute approximate surface area is 114 Å². The predicted octanol–water partition coefficient (Wildman–Crippen LogP) is 3.84. The Bertz CT molecular complexity index is 433. The first-order valence-corrected chi connectivity index (χ1v) is 6.53. The van der Waals surface area contributed by atoms with Crippen molar-refractivity contribution in [1.82, 2.24) is 0 Å². The van der Waals surface area contributed by atoms with Crippen molar-refractivity contribution in [3.8, 4) is 5.75 Å². The summed E-state index contributed by atoms with van der Waals surface area (Å²) >= 11 is 0. The molecule has 106 valence electrons. The summed E-state index contributed by atoms with van der Waals surface area (Å²) in [6, 6.07) is 5.26. The molecule has 0 saturated heterocycles. The van der Waals surface area contributed by atoms with E-state index >= 15 is 0 Å². The summed E-state index contributed by atoms with van der Waals surface area (Å²) in [6.45, 7) is 6.37. The Morgan fingerprint density at radius 3 is 2.53 bits per heavy atom. The zero-order valence-electron chi connectivity index (χ0n) is 12.0. The van der Waals surface area contributed by atoms with Gasteiger partial charge >= 0.3 is 5.69 Å². The second-order valence-corrected chi connectivity index (χ2v) is 5.13. The summed E-state index contributed by atoms with van der Waals surface area (Å²) in [6.07, 6.45) is 2.07. The monoisotopic (exact) mass is 266 g/mol. The van der Waals surface area contributed by atoms with Gasteiger partial charge in [-0.15, -0.1) is 0 Å². The van der Waals surface area contributed by atoms with Crippen molar-refractivity contribution in [2.24, 2.45) is 5.92 Å². The highest BCUT2D eigenvalue weighted by atomic mass is 16.6. The van der Waals surface area contributed by atoms with Gasteiger partial charge in [-0.25, -0.2) is 0 Å². The van der Waals surface area contributed by atoms with E-state index in [1.807, 2.05) is 6.92 Å². The SMILES string of the molecule is COc1cccc(NC(C)CCC(C)C)c1[N+](=O)[O-]. The molecule has 0 amide bonds. The Hall–Kier alpha value is -1.78. The van der Waals surface area contributed by atoms with E-state index in [4.69, 9.17) is 4.74 Å². The van der Waals surface area contributed by atoms with E-state index in [1.54, 1.807) is 18.2 Å². The highest BCUT2D eigenvalue weighted by molar-refractivity contribution is 5.68. The highest BCUT2D eigenvalue weighted by Crippen LogP contribution is 2.35. The van der Waals surface area contributed by atoms with E-state index in [9.17, 15) is 10.1 Å². The van der Waals surface area contributed by atoms with Crippen molar-refractivity contribution < 1.29 is 9.66 Å². The maximum absolute atomic E-state index is 11.1. The summed E-state index contributed by atoms with van der Waals surface area (Å²) in [7, 11) is 1.44. The van der Waals surface area contributed by atoms with Crippen LogP contribution in [0.15, 0.2) is 18.2 Å². The van der Waals surface area contributed by atoms with Crippen LogP contribution in [0.1, 0.15) is 33.6 Å². The van der Waals surface area contributed by atoms with Crippen LogP contribution in [0.25, 0.3) is 0 Å². The molecule has 0 spiro atoms. The molecule has 0 aliphatic heterocycles. The van der Waals surface area contributed by atoms with Crippen LogP contribution in [-0.4, -0.2) is 18.1 Å². The molecule has 0 heterocycles. The number of para-hydroxylation sites is 1. The number of nitrogens with zero attached hydrogens (tertiary/aromatic N) is 1. The number of anilines is 1. The van der Waals surface area contributed by atoms with Gasteiger partial charge in [-0.1, -0.05) is 19.9 Å². The molecular weight excluding hydrogens is 244 g/mol. The van der Waals surface area contributed by atoms with Crippen LogP contribution in [0.3, 0.4) is 0 Å². The Balaban J connectivity index is 2.85. The number of rotatable bonds is 7. The number of nitro benzene ring substituents is 1. The van der Waals surface area contributed by atoms with Crippen molar-refractivity contribution in [2.45, 2.75) is 39.7 Å². The van der Waals surface area contributed by atoms with Crippen molar-refractivity contribution in [3.63, 3.8) is 0 Å². The van der Waals surface area contributed by atoms with E-state index in [0.29, 0.717) is 11.6 Å². The fraction of sp³-hybridized carbons (Fsp3) is 0.571. The van der Waals surface area contributed by atoms with E-state index < -0.39 is 4.92 Å². The molecule has 5 heteroatoms. The molecule has 0 aliphatic rings. The first-order valence-electron chi connectivity index (χ1n) is 6.53. The van der Waals surface area contributed by atoms with Gasteiger partial charge in [0.25, 0.3) is 0 Å². The summed E-state index contributed by atoms with van der Waals surface area (Å²) < 4.78 is 5.05. The van der Waals surface area contributed by atoms with Gasteiger partial charge in [0.2, 0.25) is 0 Å². The number of nitrogens with one attached hydrogen (secondary N) is 1. The fourth-order valence-corrected chi connectivity index (χ4v) is 1.91. The molecule has 1 aromatic carbocycles. The minimum Gasteiger partial charge on any atom is -0.490 e. The molecule has 0 fully saturated rings. The normalized spacial score (nSPS) is 12.3. The van der Waals surface area contributed by atoms with Gasteiger partial charge in [0.05, 0.1) is 12.0 Å². The molecule has 0 aliphatic carbocycles. The molecular formula is C14H22N2O3.